The highest BCUT2D eigenvalue weighted by Crippen LogP contribution is 2.26. The normalized spacial score (nSPS) is 21.1. The monoisotopic (exact) mass is 296 g/mol. The van der Waals surface area contributed by atoms with Gasteiger partial charge in [-0.05, 0) is 32.6 Å². The zero-order valence-corrected chi connectivity index (χ0v) is 13.3. The molecule has 0 aromatic rings. The summed E-state index contributed by atoms with van der Waals surface area (Å²) in [5.74, 6) is 0.341. The molecule has 5 heteroatoms. The first-order valence-corrected chi connectivity index (χ1v) is 8.31. The lowest BCUT2D eigenvalue weighted by molar-refractivity contribution is -0.138. The molecule has 1 aliphatic heterocycles. The first-order valence-electron chi connectivity index (χ1n) is 8.31. The zero-order valence-electron chi connectivity index (χ0n) is 13.3. The van der Waals surface area contributed by atoms with Gasteiger partial charge in [0.15, 0.2) is 0 Å². The van der Waals surface area contributed by atoms with Crippen LogP contribution in [0.4, 0.5) is 4.79 Å². The molecule has 120 valence electrons. The summed E-state index contributed by atoms with van der Waals surface area (Å²) in [5, 5.41) is 0. The van der Waals surface area contributed by atoms with Gasteiger partial charge in [0.25, 0.3) is 0 Å². The Labute approximate surface area is 127 Å². The first-order chi connectivity index (χ1) is 10.1. The van der Waals surface area contributed by atoms with Gasteiger partial charge in [0.05, 0.1) is 6.61 Å². The second-order valence-corrected chi connectivity index (χ2v) is 6.20. The van der Waals surface area contributed by atoms with Crippen LogP contribution in [0.3, 0.4) is 0 Å². The largest absolute Gasteiger partial charge is 0.450 e. The summed E-state index contributed by atoms with van der Waals surface area (Å²) in [4.78, 5) is 27.9. The minimum atomic E-state index is -0.246. The fourth-order valence-corrected chi connectivity index (χ4v) is 3.46. The van der Waals surface area contributed by atoms with E-state index in [0.717, 1.165) is 25.7 Å². The lowest BCUT2D eigenvalue weighted by atomic mass is 9.91. The van der Waals surface area contributed by atoms with Crippen molar-refractivity contribution in [1.29, 1.82) is 0 Å². The van der Waals surface area contributed by atoms with Crippen molar-refractivity contribution in [3.63, 3.8) is 0 Å². The molecule has 2 amide bonds. The van der Waals surface area contributed by atoms with Crippen molar-refractivity contribution in [3.05, 3.63) is 0 Å². The van der Waals surface area contributed by atoms with Gasteiger partial charge < -0.3 is 14.5 Å². The molecule has 2 aliphatic rings. The second kappa shape index (κ2) is 7.66. The molecule has 0 aromatic carbocycles. The molecule has 1 saturated carbocycles. The summed E-state index contributed by atoms with van der Waals surface area (Å²) in [6.45, 7) is 3.48. The highest BCUT2D eigenvalue weighted by atomic mass is 16.6. The maximum Gasteiger partial charge on any atom is 0.409 e. The van der Waals surface area contributed by atoms with Crippen LogP contribution in [0.25, 0.3) is 0 Å². The summed E-state index contributed by atoms with van der Waals surface area (Å²) in [7, 11) is 1.95. The van der Waals surface area contributed by atoms with Crippen molar-refractivity contribution >= 4 is 12.0 Å². The molecular formula is C16H28N2O3. The predicted octanol–water partition coefficient (Wildman–Crippen LogP) is 2.65. The zero-order chi connectivity index (χ0) is 15.2. The predicted molar refractivity (Wildman–Crippen MR) is 81.0 cm³/mol. The molecule has 21 heavy (non-hydrogen) atoms. The minimum Gasteiger partial charge on any atom is -0.450 e. The molecule has 0 bridgehead atoms. The van der Waals surface area contributed by atoms with Crippen molar-refractivity contribution in [2.24, 2.45) is 5.92 Å². The van der Waals surface area contributed by atoms with Crippen LogP contribution in [0.1, 0.15) is 51.9 Å². The smallest absolute Gasteiger partial charge is 0.409 e. The Kier molecular flexibility index (Phi) is 5.88. The van der Waals surface area contributed by atoms with E-state index < -0.39 is 0 Å². The molecule has 2 fully saturated rings. The molecule has 0 N–H and O–H groups in total. The Balaban J connectivity index is 1.80. The van der Waals surface area contributed by atoms with Gasteiger partial charge in [-0.25, -0.2) is 4.79 Å². The van der Waals surface area contributed by atoms with E-state index in [-0.39, 0.29) is 17.9 Å². The van der Waals surface area contributed by atoms with Gasteiger partial charge in [-0.2, -0.15) is 0 Å². The third-order valence-electron chi connectivity index (χ3n) is 4.84. The second-order valence-electron chi connectivity index (χ2n) is 6.20. The molecule has 0 radical (unpaired) electrons. The number of amides is 2. The number of carbonyl (C=O) groups is 2. The van der Waals surface area contributed by atoms with Crippen LogP contribution in [-0.4, -0.2) is 54.6 Å². The summed E-state index contributed by atoms with van der Waals surface area (Å²) in [5.41, 5.74) is 0. The summed E-state index contributed by atoms with van der Waals surface area (Å²) >= 11 is 0. The lowest BCUT2D eigenvalue weighted by Gasteiger charge is -2.36. The van der Waals surface area contributed by atoms with Crippen LogP contribution in [0.5, 0.6) is 0 Å². The highest BCUT2D eigenvalue weighted by Gasteiger charge is 2.32. The number of ether oxygens (including phenoxy) is 1. The van der Waals surface area contributed by atoms with Crippen LogP contribution >= 0.6 is 0 Å². The fourth-order valence-electron chi connectivity index (χ4n) is 3.46. The third-order valence-corrected chi connectivity index (χ3v) is 4.84. The minimum absolute atomic E-state index is 0.0719. The molecular weight excluding hydrogens is 268 g/mol. The Bertz CT molecular complexity index is 359. The van der Waals surface area contributed by atoms with E-state index in [9.17, 15) is 9.59 Å². The quantitative estimate of drug-likeness (QED) is 0.804. The lowest BCUT2D eigenvalue weighted by Crippen LogP contribution is -2.46. The van der Waals surface area contributed by atoms with Gasteiger partial charge in [0, 0.05) is 32.1 Å². The van der Waals surface area contributed by atoms with E-state index in [0.29, 0.717) is 25.7 Å². The highest BCUT2D eigenvalue weighted by molar-refractivity contribution is 5.79. The van der Waals surface area contributed by atoms with Crippen LogP contribution in [0.15, 0.2) is 0 Å². The molecule has 1 heterocycles. The molecule has 0 aromatic heterocycles. The van der Waals surface area contributed by atoms with Crippen LogP contribution < -0.4 is 0 Å². The maximum absolute atomic E-state index is 12.6. The molecule has 0 atom stereocenters. The van der Waals surface area contributed by atoms with Crippen LogP contribution in [0.2, 0.25) is 0 Å². The van der Waals surface area contributed by atoms with Gasteiger partial charge in [-0.15, -0.1) is 0 Å². The van der Waals surface area contributed by atoms with E-state index >= 15 is 0 Å². The average Bonchev–Trinajstić information content (AvgIpc) is 2.54. The van der Waals surface area contributed by atoms with Crippen molar-refractivity contribution in [1.82, 2.24) is 9.80 Å². The molecule has 0 spiro atoms. The third kappa shape index (κ3) is 4.11. The van der Waals surface area contributed by atoms with Crippen LogP contribution in [0, 0.1) is 5.92 Å². The molecule has 5 nitrogen and oxygen atoms in total. The number of hydrogen-bond acceptors (Lipinski definition) is 3. The van der Waals surface area contributed by atoms with E-state index in [4.69, 9.17) is 4.74 Å². The maximum atomic E-state index is 12.6. The number of carbonyl (C=O) groups excluding carboxylic acids is 2. The Morgan fingerprint density at radius 1 is 1.10 bits per heavy atom. The fraction of sp³-hybridized carbons (Fsp3) is 0.875. The summed E-state index contributed by atoms with van der Waals surface area (Å²) in [6, 6.07) is 0.425. The van der Waals surface area contributed by atoms with E-state index in [1.807, 2.05) is 18.9 Å². The van der Waals surface area contributed by atoms with Crippen molar-refractivity contribution in [3.8, 4) is 0 Å². The number of rotatable bonds is 3. The van der Waals surface area contributed by atoms with Crippen molar-refractivity contribution < 1.29 is 14.3 Å². The Morgan fingerprint density at radius 2 is 1.71 bits per heavy atom. The standard InChI is InChI=1S/C16H28N2O3/c1-3-21-16(20)18-11-9-13(10-12-18)15(19)17(2)14-7-5-4-6-8-14/h13-14H,3-12H2,1-2H3. The van der Waals surface area contributed by atoms with Gasteiger partial charge >= 0.3 is 6.09 Å². The van der Waals surface area contributed by atoms with Gasteiger partial charge in [-0.3, -0.25) is 4.79 Å². The number of hydrogen-bond donors (Lipinski definition) is 0. The van der Waals surface area contributed by atoms with E-state index in [2.05, 4.69) is 0 Å². The Morgan fingerprint density at radius 3 is 2.29 bits per heavy atom. The van der Waals surface area contributed by atoms with Crippen molar-refractivity contribution in [2.75, 3.05) is 26.7 Å². The van der Waals surface area contributed by atoms with Crippen LogP contribution in [-0.2, 0) is 9.53 Å². The first kappa shape index (κ1) is 16.1. The van der Waals surface area contributed by atoms with E-state index in [1.54, 1.807) is 4.90 Å². The van der Waals surface area contributed by atoms with Crippen molar-refractivity contribution in [2.45, 2.75) is 57.9 Å². The molecule has 2 rings (SSSR count). The van der Waals surface area contributed by atoms with Gasteiger partial charge in [0.2, 0.25) is 5.91 Å². The summed E-state index contributed by atoms with van der Waals surface area (Å²) in [6.07, 6.45) is 7.34. The average molecular weight is 296 g/mol. The number of piperidine rings is 1. The van der Waals surface area contributed by atoms with Gasteiger partial charge in [-0.1, -0.05) is 19.3 Å². The number of likely N-dealkylation sites (tertiary alicyclic amines) is 1. The SMILES string of the molecule is CCOC(=O)N1CCC(C(=O)N(C)C2CCCCC2)CC1. The van der Waals surface area contributed by atoms with Gasteiger partial charge in [0.1, 0.15) is 0 Å². The van der Waals surface area contributed by atoms with E-state index in [1.165, 1.54) is 19.3 Å². The molecule has 1 saturated heterocycles. The topological polar surface area (TPSA) is 49.9 Å². The molecule has 0 unspecified atom stereocenters. The summed E-state index contributed by atoms with van der Waals surface area (Å²) < 4.78 is 5.01. The number of nitrogens with zero attached hydrogens (tertiary/aromatic N) is 2. The Hall–Kier alpha value is -1.26. The molecule has 1 aliphatic carbocycles.